The van der Waals surface area contributed by atoms with Gasteiger partial charge in [-0.1, -0.05) is 26.7 Å². The van der Waals surface area contributed by atoms with Crippen LogP contribution < -0.4 is 0 Å². The molecule has 0 unspecified atom stereocenters. The minimum atomic E-state index is -0.509. The summed E-state index contributed by atoms with van der Waals surface area (Å²) in [5.74, 6) is 2.79. The highest BCUT2D eigenvalue weighted by molar-refractivity contribution is 8.19. The third-order valence-corrected chi connectivity index (χ3v) is 7.30. The van der Waals surface area contributed by atoms with E-state index in [1.165, 1.54) is 24.8 Å². The van der Waals surface area contributed by atoms with Gasteiger partial charge in [0, 0.05) is 6.42 Å². The SMILES string of the molecule is CCSC1(SCC)C(=O)OC2=C(CCCCCC2)[C@@H]1N(C)C. The molecule has 0 aromatic carbocycles. The largest absolute Gasteiger partial charge is 0.429 e. The van der Waals surface area contributed by atoms with Gasteiger partial charge < -0.3 is 9.64 Å². The number of rotatable bonds is 5. The zero-order valence-electron chi connectivity index (χ0n) is 14.3. The van der Waals surface area contributed by atoms with Crippen LogP contribution in [0.1, 0.15) is 52.4 Å². The van der Waals surface area contributed by atoms with E-state index in [9.17, 15) is 4.79 Å². The standard InChI is InChI=1S/C17H29NO2S2/c1-5-21-17(22-6-2)15(18(3)4)13-11-9-7-8-10-12-14(13)20-16(17)19/h15H,5-12H2,1-4H3/t15-/m0/s1. The predicted octanol–water partition coefficient (Wildman–Crippen LogP) is 4.28. The zero-order chi connectivity index (χ0) is 16.2. The Balaban J connectivity index is 2.48. The Morgan fingerprint density at radius 3 is 2.23 bits per heavy atom. The molecule has 0 radical (unpaired) electrons. The Bertz CT molecular complexity index is 428. The lowest BCUT2D eigenvalue weighted by Gasteiger charge is -2.46. The van der Waals surface area contributed by atoms with Gasteiger partial charge in [0.15, 0.2) is 4.08 Å². The monoisotopic (exact) mass is 343 g/mol. The first kappa shape index (κ1) is 18.2. The number of thioether (sulfide) groups is 2. The van der Waals surface area contributed by atoms with Crippen molar-refractivity contribution >= 4 is 29.5 Å². The number of allylic oxidation sites excluding steroid dienone is 1. The number of nitrogens with zero attached hydrogens (tertiary/aromatic N) is 1. The van der Waals surface area contributed by atoms with Gasteiger partial charge in [0.25, 0.3) is 0 Å². The molecule has 2 rings (SSSR count). The fourth-order valence-corrected chi connectivity index (χ4v) is 6.82. The fraction of sp³-hybridized carbons (Fsp3) is 0.824. The Labute approximate surface area is 143 Å². The summed E-state index contributed by atoms with van der Waals surface area (Å²) in [5.41, 5.74) is 1.38. The Kier molecular flexibility index (Phi) is 6.72. The molecule has 0 N–H and O–H groups in total. The second kappa shape index (κ2) is 8.11. The van der Waals surface area contributed by atoms with Gasteiger partial charge >= 0.3 is 5.97 Å². The smallest absolute Gasteiger partial charge is 0.339 e. The lowest BCUT2D eigenvalue weighted by Crippen LogP contribution is -2.56. The molecule has 1 atom stereocenters. The molecule has 0 saturated carbocycles. The van der Waals surface area contributed by atoms with Crippen molar-refractivity contribution < 1.29 is 9.53 Å². The van der Waals surface area contributed by atoms with Crippen LogP contribution in [0, 0.1) is 0 Å². The first-order chi connectivity index (χ1) is 10.6. The Morgan fingerprint density at radius 1 is 1.09 bits per heavy atom. The van der Waals surface area contributed by atoms with Crippen molar-refractivity contribution in [1.29, 1.82) is 0 Å². The molecule has 3 nitrogen and oxygen atoms in total. The van der Waals surface area contributed by atoms with Crippen molar-refractivity contribution in [2.24, 2.45) is 0 Å². The maximum absolute atomic E-state index is 12.9. The maximum Gasteiger partial charge on any atom is 0.339 e. The van der Waals surface area contributed by atoms with Gasteiger partial charge in [-0.15, -0.1) is 23.5 Å². The summed E-state index contributed by atoms with van der Waals surface area (Å²) in [6.45, 7) is 4.26. The van der Waals surface area contributed by atoms with Crippen molar-refractivity contribution in [2.45, 2.75) is 62.5 Å². The number of hydrogen-bond donors (Lipinski definition) is 0. The highest BCUT2D eigenvalue weighted by Crippen LogP contribution is 2.50. The van der Waals surface area contributed by atoms with E-state index in [1.807, 2.05) is 0 Å². The van der Waals surface area contributed by atoms with E-state index in [2.05, 4.69) is 32.8 Å². The number of hydrogen-bond acceptors (Lipinski definition) is 5. The molecule has 0 fully saturated rings. The van der Waals surface area contributed by atoms with E-state index in [1.54, 1.807) is 23.5 Å². The molecule has 126 valence electrons. The van der Waals surface area contributed by atoms with Crippen LogP contribution in [-0.2, 0) is 9.53 Å². The van der Waals surface area contributed by atoms with Crippen LogP contribution >= 0.6 is 23.5 Å². The highest BCUT2D eigenvalue weighted by atomic mass is 32.2. The first-order valence-electron chi connectivity index (χ1n) is 8.45. The van der Waals surface area contributed by atoms with Crippen LogP contribution in [0.4, 0.5) is 0 Å². The van der Waals surface area contributed by atoms with Crippen LogP contribution in [0.15, 0.2) is 11.3 Å². The number of esters is 1. The van der Waals surface area contributed by atoms with Gasteiger partial charge in [-0.2, -0.15) is 0 Å². The number of ether oxygens (including phenoxy) is 1. The van der Waals surface area contributed by atoms with Crippen LogP contribution in [0.25, 0.3) is 0 Å². The molecule has 0 aromatic rings. The molecular formula is C17H29NO2S2. The molecule has 0 spiro atoms. The summed E-state index contributed by atoms with van der Waals surface area (Å²) < 4.78 is 5.39. The van der Waals surface area contributed by atoms with Gasteiger partial charge in [0.1, 0.15) is 5.76 Å². The average Bonchev–Trinajstić information content (AvgIpc) is 2.43. The average molecular weight is 344 g/mol. The van der Waals surface area contributed by atoms with Gasteiger partial charge in [-0.3, -0.25) is 0 Å². The van der Waals surface area contributed by atoms with E-state index < -0.39 is 4.08 Å². The molecular weight excluding hydrogens is 314 g/mol. The lowest BCUT2D eigenvalue weighted by atomic mass is 9.89. The summed E-state index contributed by atoms with van der Waals surface area (Å²) in [5, 5.41) is 0. The first-order valence-corrected chi connectivity index (χ1v) is 10.4. The highest BCUT2D eigenvalue weighted by Gasteiger charge is 2.54. The maximum atomic E-state index is 12.9. The third-order valence-electron chi connectivity index (χ3n) is 4.38. The van der Waals surface area contributed by atoms with Crippen LogP contribution in [0.2, 0.25) is 0 Å². The normalized spacial score (nSPS) is 25.5. The van der Waals surface area contributed by atoms with Gasteiger partial charge in [-0.25, -0.2) is 4.79 Å². The molecule has 5 heteroatoms. The quantitative estimate of drug-likeness (QED) is 0.549. The van der Waals surface area contributed by atoms with Crippen molar-refractivity contribution in [1.82, 2.24) is 4.90 Å². The van der Waals surface area contributed by atoms with Gasteiger partial charge in [-0.05, 0) is 50.4 Å². The van der Waals surface area contributed by atoms with E-state index in [0.717, 1.165) is 36.5 Å². The molecule has 0 aromatic heterocycles. The zero-order valence-corrected chi connectivity index (χ0v) is 15.9. The molecule has 0 bridgehead atoms. The van der Waals surface area contributed by atoms with Gasteiger partial charge in [0.2, 0.25) is 0 Å². The molecule has 2 aliphatic rings. The van der Waals surface area contributed by atoms with Crippen molar-refractivity contribution in [3.63, 3.8) is 0 Å². The minimum Gasteiger partial charge on any atom is -0.429 e. The van der Waals surface area contributed by atoms with E-state index in [-0.39, 0.29) is 12.0 Å². The predicted molar refractivity (Wildman–Crippen MR) is 97.3 cm³/mol. The van der Waals surface area contributed by atoms with Crippen LogP contribution in [-0.4, -0.2) is 46.6 Å². The van der Waals surface area contributed by atoms with Crippen molar-refractivity contribution in [3.05, 3.63) is 11.3 Å². The number of carbonyl (C=O) groups excluding carboxylic acids is 1. The Morgan fingerprint density at radius 2 is 1.68 bits per heavy atom. The van der Waals surface area contributed by atoms with E-state index in [4.69, 9.17) is 4.74 Å². The van der Waals surface area contributed by atoms with Gasteiger partial charge in [0.05, 0.1) is 6.04 Å². The molecule has 0 saturated heterocycles. The molecule has 1 aliphatic carbocycles. The molecule has 22 heavy (non-hydrogen) atoms. The Hall–Kier alpha value is -0.130. The summed E-state index contributed by atoms with van der Waals surface area (Å²) in [7, 11) is 4.21. The summed E-state index contributed by atoms with van der Waals surface area (Å²) in [6, 6.07) is 0.150. The fourth-order valence-electron chi connectivity index (χ4n) is 3.58. The van der Waals surface area contributed by atoms with Crippen molar-refractivity contribution in [3.8, 4) is 0 Å². The van der Waals surface area contributed by atoms with E-state index >= 15 is 0 Å². The summed E-state index contributed by atoms with van der Waals surface area (Å²) >= 11 is 3.50. The number of likely N-dealkylation sites (N-methyl/N-ethyl adjacent to an activating group) is 1. The summed E-state index contributed by atoms with van der Waals surface area (Å²) in [6.07, 6.45) is 6.89. The molecule has 1 heterocycles. The topological polar surface area (TPSA) is 29.5 Å². The lowest BCUT2D eigenvalue weighted by molar-refractivity contribution is -0.143. The van der Waals surface area contributed by atoms with Crippen LogP contribution in [0.5, 0.6) is 0 Å². The molecule has 0 amide bonds. The van der Waals surface area contributed by atoms with Crippen molar-refractivity contribution in [2.75, 3.05) is 25.6 Å². The van der Waals surface area contributed by atoms with E-state index in [0.29, 0.717) is 0 Å². The van der Waals surface area contributed by atoms with Crippen LogP contribution in [0.3, 0.4) is 0 Å². The molecule has 1 aliphatic heterocycles. The second-order valence-electron chi connectivity index (χ2n) is 6.15. The third kappa shape index (κ3) is 3.51. The number of carbonyl (C=O) groups is 1. The minimum absolute atomic E-state index is 0.0378. The second-order valence-corrected chi connectivity index (χ2v) is 9.43. The summed E-state index contributed by atoms with van der Waals surface area (Å²) in [4.78, 5) is 15.2.